The molecule has 172 valence electrons. The first-order valence-electron chi connectivity index (χ1n) is 11.3. The summed E-state index contributed by atoms with van der Waals surface area (Å²) in [5.41, 5.74) is -0.453. The number of para-hydroxylation sites is 1. The molecule has 0 bridgehead atoms. The topological polar surface area (TPSA) is 111 Å². The summed E-state index contributed by atoms with van der Waals surface area (Å²) in [5.74, 6) is -0.654. The fraction of sp³-hybridized carbons (Fsp3) is 0.583. The maximum Gasteiger partial charge on any atom is 0.441 e. The van der Waals surface area contributed by atoms with Crippen molar-refractivity contribution >= 4 is 22.7 Å². The van der Waals surface area contributed by atoms with E-state index in [0.717, 1.165) is 26.1 Å². The summed E-state index contributed by atoms with van der Waals surface area (Å²) in [6, 6.07) is 8.81. The summed E-state index contributed by atoms with van der Waals surface area (Å²) in [5, 5.41) is 16.7. The molecule has 0 saturated carbocycles. The molecule has 0 unspecified atom stereocenters. The normalized spacial score (nSPS) is 17.5. The van der Waals surface area contributed by atoms with Crippen LogP contribution in [0.15, 0.2) is 33.5 Å². The van der Waals surface area contributed by atoms with Gasteiger partial charge >= 0.3 is 5.76 Å². The summed E-state index contributed by atoms with van der Waals surface area (Å²) in [4.78, 5) is 31.6. The Morgan fingerprint density at radius 1 is 1.31 bits per heavy atom. The average molecular weight is 440 g/mol. The molecule has 8 heteroatoms. The number of nitriles is 1. The number of piperidine rings is 1. The lowest BCUT2D eigenvalue weighted by Crippen LogP contribution is -2.57. The van der Waals surface area contributed by atoms with Gasteiger partial charge in [0.15, 0.2) is 0 Å². The van der Waals surface area contributed by atoms with E-state index in [2.05, 4.69) is 54.3 Å². The van der Waals surface area contributed by atoms with Crippen LogP contribution >= 0.6 is 0 Å². The molecule has 1 saturated heterocycles. The molecule has 0 aliphatic carbocycles. The molecule has 1 fully saturated rings. The third-order valence-corrected chi connectivity index (χ3v) is 6.09. The maximum atomic E-state index is 13.4. The molecule has 0 radical (unpaired) electrons. The van der Waals surface area contributed by atoms with Gasteiger partial charge < -0.3 is 20.0 Å². The fourth-order valence-electron chi connectivity index (χ4n) is 3.98. The van der Waals surface area contributed by atoms with Gasteiger partial charge in [0, 0.05) is 13.1 Å². The summed E-state index contributed by atoms with van der Waals surface area (Å²) in [6.07, 6.45) is 2.49. The lowest BCUT2D eigenvalue weighted by Gasteiger charge is -2.38. The monoisotopic (exact) mass is 439 g/mol. The molecule has 2 N–H and O–H groups in total. The minimum atomic E-state index is -0.879. The van der Waals surface area contributed by atoms with Crippen molar-refractivity contribution in [1.29, 1.82) is 5.26 Å². The van der Waals surface area contributed by atoms with Gasteiger partial charge in [-0.3, -0.25) is 4.79 Å². The molecule has 3 rings (SSSR count). The van der Waals surface area contributed by atoms with E-state index in [0.29, 0.717) is 36.0 Å². The lowest BCUT2D eigenvalue weighted by molar-refractivity contribution is -0.123. The smallest absolute Gasteiger partial charge is 0.408 e. The Hall–Kier alpha value is -2.92. The second-order valence-corrected chi connectivity index (χ2v) is 9.74. The zero-order chi connectivity index (χ0) is 23.4. The van der Waals surface area contributed by atoms with Crippen molar-refractivity contribution in [2.24, 2.45) is 5.41 Å². The van der Waals surface area contributed by atoms with Crippen LogP contribution in [0, 0.1) is 16.7 Å². The van der Waals surface area contributed by atoms with E-state index in [1.54, 1.807) is 18.2 Å². The minimum Gasteiger partial charge on any atom is -0.408 e. The van der Waals surface area contributed by atoms with Crippen molar-refractivity contribution in [3.05, 3.63) is 34.8 Å². The zero-order valence-corrected chi connectivity index (χ0v) is 19.4. The predicted octanol–water partition coefficient (Wildman–Crippen LogP) is 3.29. The predicted molar refractivity (Wildman–Crippen MR) is 124 cm³/mol. The maximum absolute atomic E-state index is 13.4. The van der Waals surface area contributed by atoms with Crippen LogP contribution < -0.4 is 16.4 Å². The molecule has 1 aromatic carbocycles. The van der Waals surface area contributed by atoms with Crippen LogP contribution in [0.5, 0.6) is 0 Å². The minimum absolute atomic E-state index is 0.0187. The molecule has 32 heavy (non-hydrogen) atoms. The number of hydrogen-bond donors (Lipinski definition) is 2. The average Bonchev–Trinajstić information content (AvgIpc) is 2.76. The highest BCUT2D eigenvalue weighted by atomic mass is 16.4. The first-order chi connectivity index (χ1) is 15.1. The Balaban J connectivity index is 1.85. The van der Waals surface area contributed by atoms with Gasteiger partial charge in [-0.2, -0.15) is 10.2 Å². The van der Waals surface area contributed by atoms with Crippen LogP contribution in [-0.4, -0.2) is 47.0 Å². The molecule has 2 aromatic rings. The molecule has 1 aliphatic rings. The zero-order valence-electron chi connectivity index (χ0n) is 19.4. The van der Waals surface area contributed by atoms with Gasteiger partial charge in [0.25, 0.3) is 0 Å². The van der Waals surface area contributed by atoms with Crippen molar-refractivity contribution in [3.8, 4) is 6.07 Å². The van der Waals surface area contributed by atoms with Crippen molar-refractivity contribution in [1.82, 2.24) is 15.2 Å². The van der Waals surface area contributed by atoms with Gasteiger partial charge in [-0.1, -0.05) is 39.8 Å². The van der Waals surface area contributed by atoms with Gasteiger partial charge in [-0.25, -0.2) is 4.79 Å². The van der Waals surface area contributed by atoms with E-state index < -0.39 is 17.3 Å². The van der Waals surface area contributed by atoms with E-state index in [9.17, 15) is 14.9 Å². The van der Waals surface area contributed by atoms with Crippen molar-refractivity contribution in [3.63, 3.8) is 0 Å². The Labute approximate surface area is 189 Å². The van der Waals surface area contributed by atoms with Crippen LogP contribution in [0.1, 0.15) is 53.4 Å². The lowest BCUT2D eigenvalue weighted by atomic mass is 9.86. The molecule has 8 nitrogen and oxygen atoms in total. The van der Waals surface area contributed by atoms with Crippen LogP contribution in [-0.2, 0) is 4.79 Å². The first kappa shape index (κ1) is 23.7. The Kier molecular flexibility index (Phi) is 7.19. The second-order valence-electron chi connectivity index (χ2n) is 9.74. The standard InChI is InChI=1S/C24H33N5O3/c1-5-29-14-12-24(16-25,13-15-29)28-21(30)18(10-11-23(2,3)4)26-20-17-8-6-7-9-19(17)32-22(31)27-20/h6-9,18H,5,10-15H2,1-4H3,(H,28,30)(H,26,27,31)/t18-/m0/s1. The highest BCUT2D eigenvalue weighted by Crippen LogP contribution is 2.26. The number of benzene rings is 1. The van der Waals surface area contributed by atoms with Gasteiger partial charge in [0.1, 0.15) is 23.0 Å². The van der Waals surface area contributed by atoms with Crippen LogP contribution in [0.25, 0.3) is 11.0 Å². The summed E-state index contributed by atoms with van der Waals surface area (Å²) in [6.45, 7) is 10.9. The number of aromatic nitrogens is 1. The highest BCUT2D eigenvalue weighted by Gasteiger charge is 2.37. The third-order valence-electron chi connectivity index (χ3n) is 6.09. The Morgan fingerprint density at radius 3 is 2.62 bits per heavy atom. The van der Waals surface area contributed by atoms with Crippen molar-refractivity contribution < 1.29 is 9.21 Å². The fourth-order valence-corrected chi connectivity index (χ4v) is 3.98. The molecule has 1 amide bonds. The van der Waals surface area contributed by atoms with Gasteiger partial charge in [-0.15, -0.1) is 0 Å². The Bertz CT molecular complexity index is 1040. The molecule has 1 atom stereocenters. The molecular weight excluding hydrogens is 406 g/mol. The Morgan fingerprint density at radius 2 is 2.00 bits per heavy atom. The molecule has 1 aromatic heterocycles. The number of nitrogens with zero attached hydrogens (tertiary/aromatic N) is 3. The SMILES string of the molecule is CCN1CCC(C#N)(NC(=O)[C@H](CCC(C)(C)C)Nc2nc(=O)oc3ccccc23)CC1. The number of rotatable bonds is 7. The number of amides is 1. The number of likely N-dealkylation sites (tertiary alicyclic amines) is 1. The largest absolute Gasteiger partial charge is 0.441 e. The van der Waals surface area contributed by atoms with Gasteiger partial charge in [0.05, 0.1) is 11.5 Å². The number of anilines is 1. The summed E-state index contributed by atoms with van der Waals surface area (Å²) >= 11 is 0. The summed E-state index contributed by atoms with van der Waals surface area (Å²) in [7, 11) is 0. The van der Waals surface area contributed by atoms with E-state index in [4.69, 9.17) is 4.42 Å². The molecular formula is C24H33N5O3. The number of nitrogens with one attached hydrogen (secondary N) is 2. The number of fused-ring (bicyclic) bond motifs is 1. The van der Waals surface area contributed by atoms with E-state index in [1.165, 1.54) is 0 Å². The van der Waals surface area contributed by atoms with Gasteiger partial charge in [0.2, 0.25) is 5.91 Å². The summed E-state index contributed by atoms with van der Waals surface area (Å²) < 4.78 is 5.18. The van der Waals surface area contributed by atoms with E-state index in [1.807, 2.05) is 6.07 Å². The van der Waals surface area contributed by atoms with E-state index in [-0.39, 0.29) is 11.3 Å². The first-order valence-corrected chi connectivity index (χ1v) is 11.3. The van der Waals surface area contributed by atoms with Crippen LogP contribution in [0.2, 0.25) is 0 Å². The number of carbonyl (C=O) groups is 1. The van der Waals surface area contributed by atoms with E-state index >= 15 is 0 Å². The third kappa shape index (κ3) is 5.86. The van der Waals surface area contributed by atoms with Crippen molar-refractivity contribution in [2.45, 2.75) is 65.0 Å². The highest BCUT2D eigenvalue weighted by molar-refractivity contribution is 5.91. The second kappa shape index (κ2) is 9.70. The molecule has 2 heterocycles. The number of carbonyl (C=O) groups excluding carboxylic acids is 1. The number of hydrogen-bond acceptors (Lipinski definition) is 7. The van der Waals surface area contributed by atoms with Crippen LogP contribution in [0.4, 0.5) is 5.82 Å². The van der Waals surface area contributed by atoms with Crippen molar-refractivity contribution in [2.75, 3.05) is 25.0 Å². The van der Waals surface area contributed by atoms with Crippen LogP contribution in [0.3, 0.4) is 0 Å². The molecule has 1 aliphatic heterocycles. The van der Waals surface area contributed by atoms with Gasteiger partial charge in [-0.05, 0) is 49.8 Å². The quantitative estimate of drug-likeness (QED) is 0.681. The molecule has 0 spiro atoms.